The minimum atomic E-state index is -0.671. The second-order valence-electron chi connectivity index (χ2n) is 5.71. The van der Waals surface area contributed by atoms with E-state index in [1.807, 2.05) is 24.3 Å². The Kier molecular flexibility index (Phi) is 4.55. The highest BCUT2D eigenvalue weighted by atomic mass is 35.5. The van der Waals surface area contributed by atoms with Gasteiger partial charge in [0.1, 0.15) is 5.54 Å². The van der Waals surface area contributed by atoms with Crippen molar-refractivity contribution < 1.29 is 4.79 Å². The number of primary amides is 1. The van der Waals surface area contributed by atoms with Crippen LogP contribution in [0.15, 0.2) is 24.3 Å². The molecule has 1 amide bonds. The van der Waals surface area contributed by atoms with E-state index in [0.717, 1.165) is 18.8 Å². The highest BCUT2D eigenvalue weighted by Crippen LogP contribution is 2.28. The molecule has 1 aliphatic heterocycles. The largest absolute Gasteiger partial charge is 0.371 e. The van der Waals surface area contributed by atoms with Gasteiger partial charge in [-0.1, -0.05) is 17.7 Å². The molecule has 4 nitrogen and oxygen atoms in total. The molecule has 1 heterocycles. The van der Waals surface area contributed by atoms with Gasteiger partial charge >= 0.3 is 0 Å². The van der Waals surface area contributed by atoms with E-state index < -0.39 is 5.54 Å². The number of hydrogen-bond donors (Lipinski definition) is 2. The molecule has 1 fully saturated rings. The predicted octanol–water partition coefficient (Wildman–Crippen LogP) is 2.48. The third kappa shape index (κ3) is 3.25. The normalized spacial score (nSPS) is 19.0. The molecule has 1 aromatic rings. The summed E-state index contributed by atoms with van der Waals surface area (Å²) < 4.78 is 0. The molecular formula is C15H22ClN3O. The first kappa shape index (κ1) is 15.1. The van der Waals surface area contributed by atoms with Crippen LogP contribution in [0.3, 0.4) is 0 Å². The number of likely N-dealkylation sites (tertiary alicyclic amines) is 1. The quantitative estimate of drug-likeness (QED) is 0.897. The van der Waals surface area contributed by atoms with Gasteiger partial charge < -0.3 is 16.0 Å². The van der Waals surface area contributed by atoms with Crippen molar-refractivity contribution in [2.75, 3.05) is 18.4 Å². The number of rotatable bonds is 4. The van der Waals surface area contributed by atoms with Gasteiger partial charge in [-0.2, -0.15) is 0 Å². The zero-order valence-corrected chi connectivity index (χ0v) is 12.8. The maximum Gasteiger partial charge on any atom is 0.243 e. The first-order valence-corrected chi connectivity index (χ1v) is 7.38. The van der Waals surface area contributed by atoms with E-state index in [1.165, 1.54) is 0 Å². The molecule has 0 aromatic heterocycles. The molecule has 0 unspecified atom stereocenters. The Morgan fingerprint density at radius 2 is 2.05 bits per heavy atom. The molecule has 20 heavy (non-hydrogen) atoms. The molecule has 1 saturated heterocycles. The topological polar surface area (TPSA) is 58.4 Å². The van der Waals surface area contributed by atoms with Gasteiger partial charge in [0.2, 0.25) is 5.91 Å². The maximum absolute atomic E-state index is 12.0. The third-order valence-corrected chi connectivity index (χ3v) is 4.30. The van der Waals surface area contributed by atoms with Crippen molar-refractivity contribution >= 4 is 23.2 Å². The van der Waals surface area contributed by atoms with Gasteiger partial charge in [0.05, 0.1) is 0 Å². The third-order valence-electron chi connectivity index (χ3n) is 4.06. The van der Waals surface area contributed by atoms with Crippen molar-refractivity contribution in [3.8, 4) is 0 Å². The van der Waals surface area contributed by atoms with Crippen LogP contribution in [0.4, 0.5) is 5.69 Å². The average molecular weight is 296 g/mol. The summed E-state index contributed by atoms with van der Waals surface area (Å²) in [4.78, 5) is 14.3. The standard InChI is InChI=1S/C15H22ClN3O/c1-11(2)19-8-6-15(7-9-19,14(17)20)18-13-5-3-4-12(16)10-13/h3-5,10-11,18H,6-9H2,1-2H3,(H2,17,20). The summed E-state index contributed by atoms with van der Waals surface area (Å²) in [5.74, 6) is -0.291. The number of nitrogens with zero attached hydrogens (tertiary/aromatic N) is 1. The summed E-state index contributed by atoms with van der Waals surface area (Å²) in [6, 6.07) is 7.90. The number of benzene rings is 1. The van der Waals surface area contributed by atoms with Crippen LogP contribution in [0.5, 0.6) is 0 Å². The van der Waals surface area contributed by atoms with Gasteiger partial charge in [-0.3, -0.25) is 4.79 Å². The number of hydrogen-bond acceptors (Lipinski definition) is 3. The number of carbonyl (C=O) groups excluding carboxylic acids is 1. The number of anilines is 1. The molecular weight excluding hydrogens is 274 g/mol. The lowest BCUT2D eigenvalue weighted by Gasteiger charge is -2.42. The smallest absolute Gasteiger partial charge is 0.243 e. The number of nitrogens with one attached hydrogen (secondary N) is 1. The van der Waals surface area contributed by atoms with E-state index in [-0.39, 0.29) is 5.91 Å². The summed E-state index contributed by atoms with van der Waals surface area (Å²) in [5, 5.41) is 3.96. The minimum Gasteiger partial charge on any atom is -0.371 e. The molecule has 0 atom stereocenters. The number of amides is 1. The van der Waals surface area contributed by atoms with Crippen molar-refractivity contribution in [3.63, 3.8) is 0 Å². The number of piperidine rings is 1. The SMILES string of the molecule is CC(C)N1CCC(Nc2cccc(Cl)c2)(C(N)=O)CC1. The van der Waals surface area contributed by atoms with Gasteiger partial charge in [0.15, 0.2) is 0 Å². The van der Waals surface area contributed by atoms with Crippen LogP contribution in [0.2, 0.25) is 5.02 Å². The van der Waals surface area contributed by atoms with Gasteiger partial charge in [-0.05, 0) is 44.9 Å². The first-order chi connectivity index (χ1) is 9.43. The van der Waals surface area contributed by atoms with Crippen LogP contribution in [-0.4, -0.2) is 35.5 Å². The van der Waals surface area contributed by atoms with Crippen molar-refractivity contribution in [1.82, 2.24) is 4.90 Å². The van der Waals surface area contributed by atoms with E-state index in [2.05, 4.69) is 24.1 Å². The monoisotopic (exact) mass is 295 g/mol. The summed E-state index contributed by atoms with van der Waals surface area (Å²) in [6.45, 7) is 6.08. The molecule has 0 bridgehead atoms. The van der Waals surface area contributed by atoms with E-state index in [0.29, 0.717) is 23.9 Å². The van der Waals surface area contributed by atoms with Crippen LogP contribution in [0.1, 0.15) is 26.7 Å². The molecule has 5 heteroatoms. The fraction of sp³-hybridized carbons (Fsp3) is 0.533. The fourth-order valence-electron chi connectivity index (χ4n) is 2.70. The predicted molar refractivity (Wildman–Crippen MR) is 82.9 cm³/mol. The van der Waals surface area contributed by atoms with Crippen LogP contribution in [-0.2, 0) is 4.79 Å². The molecule has 2 rings (SSSR count). The van der Waals surface area contributed by atoms with E-state index in [9.17, 15) is 4.79 Å². The lowest BCUT2D eigenvalue weighted by atomic mass is 9.86. The van der Waals surface area contributed by atoms with Crippen LogP contribution >= 0.6 is 11.6 Å². The highest BCUT2D eigenvalue weighted by Gasteiger charge is 2.40. The second-order valence-corrected chi connectivity index (χ2v) is 6.15. The summed E-state index contributed by atoms with van der Waals surface area (Å²) in [5.41, 5.74) is 5.83. The maximum atomic E-state index is 12.0. The van der Waals surface area contributed by atoms with Gasteiger partial charge in [-0.15, -0.1) is 0 Å². The molecule has 0 spiro atoms. The fourth-order valence-corrected chi connectivity index (χ4v) is 2.89. The molecule has 0 radical (unpaired) electrons. The molecule has 1 aromatic carbocycles. The lowest BCUT2D eigenvalue weighted by molar-refractivity contribution is -0.124. The average Bonchev–Trinajstić information content (AvgIpc) is 2.39. The lowest BCUT2D eigenvalue weighted by Crippen LogP contribution is -2.57. The number of nitrogens with two attached hydrogens (primary N) is 1. The van der Waals surface area contributed by atoms with Crippen molar-refractivity contribution in [3.05, 3.63) is 29.3 Å². The van der Waals surface area contributed by atoms with Gasteiger partial charge in [0.25, 0.3) is 0 Å². The zero-order chi connectivity index (χ0) is 14.8. The Balaban J connectivity index is 2.14. The Morgan fingerprint density at radius 1 is 1.40 bits per heavy atom. The van der Waals surface area contributed by atoms with E-state index in [1.54, 1.807) is 0 Å². The van der Waals surface area contributed by atoms with Crippen molar-refractivity contribution in [1.29, 1.82) is 0 Å². The molecule has 1 aliphatic rings. The van der Waals surface area contributed by atoms with Crippen molar-refractivity contribution in [2.24, 2.45) is 5.73 Å². The molecule has 110 valence electrons. The Morgan fingerprint density at radius 3 is 2.55 bits per heavy atom. The van der Waals surface area contributed by atoms with E-state index in [4.69, 9.17) is 17.3 Å². The number of carbonyl (C=O) groups is 1. The summed E-state index contributed by atoms with van der Waals surface area (Å²) in [6.07, 6.45) is 1.43. The Labute approximate surface area is 125 Å². The van der Waals surface area contributed by atoms with Gasteiger partial charge in [-0.25, -0.2) is 0 Å². The van der Waals surface area contributed by atoms with Crippen LogP contribution in [0.25, 0.3) is 0 Å². The van der Waals surface area contributed by atoms with Crippen molar-refractivity contribution in [2.45, 2.75) is 38.3 Å². The highest BCUT2D eigenvalue weighted by molar-refractivity contribution is 6.30. The van der Waals surface area contributed by atoms with Gasteiger partial charge in [0, 0.05) is 29.8 Å². The minimum absolute atomic E-state index is 0.291. The number of halogens is 1. The van der Waals surface area contributed by atoms with Crippen LogP contribution in [0, 0.1) is 0 Å². The van der Waals surface area contributed by atoms with E-state index >= 15 is 0 Å². The first-order valence-electron chi connectivity index (χ1n) is 7.01. The molecule has 0 aliphatic carbocycles. The Bertz CT molecular complexity index is 482. The zero-order valence-electron chi connectivity index (χ0n) is 12.0. The summed E-state index contributed by atoms with van der Waals surface area (Å²) in [7, 11) is 0. The molecule has 0 saturated carbocycles. The second kappa shape index (κ2) is 6.02. The Hall–Kier alpha value is -1.26. The van der Waals surface area contributed by atoms with Crippen LogP contribution < -0.4 is 11.1 Å². The molecule has 3 N–H and O–H groups in total. The summed E-state index contributed by atoms with van der Waals surface area (Å²) >= 11 is 5.99.